The normalized spacial score (nSPS) is 14.6. The van der Waals surface area contributed by atoms with Crippen LogP contribution in [0, 0.1) is 5.92 Å². The SMILES string of the molecule is C1=CC2=C(N(c3cccc(-c4ccccc4)c3)c3ccc4ccc5c(N(c6cccc(-c7ccccc7)c6)c6cccc7ccccc67)ccc6ccc3c4c65)C=CCC2C=C1. The van der Waals surface area contributed by atoms with Gasteiger partial charge >= 0.3 is 0 Å². The van der Waals surface area contributed by atoms with E-state index in [1.807, 2.05) is 0 Å². The van der Waals surface area contributed by atoms with E-state index in [2.05, 4.69) is 246 Å². The summed E-state index contributed by atoms with van der Waals surface area (Å²) < 4.78 is 0. The molecule has 2 aliphatic carbocycles. The maximum Gasteiger partial charge on any atom is 0.0540 e. The van der Waals surface area contributed by atoms with Crippen molar-refractivity contribution >= 4 is 71.5 Å². The first-order chi connectivity index (χ1) is 30.8. The van der Waals surface area contributed by atoms with Gasteiger partial charge in [0.2, 0.25) is 0 Å². The highest BCUT2D eigenvalue weighted by Crippen LogP contribution is 2.49. The number of fused-ring (bicyclic) bond motifs is 2. The van der Waals surface area contributed by atoms with Gasteiger partial charge in [-0.15, -0.1) is 0 Å². The average molecular weight is 791 g/mol. The molecule has 292 valence electrons. The summed E-state index contributed by atoms with van der Waals surface area (Å²) in [4.78, 5) is 4.99. The molecule has 0 aliphatic heterocycles. The molecular formula is C60H42N2. The maximum absolute atomic E-state index is 2.51. The summed E-state index contributed by atoms with van der Waals surface area (Å²) in [6.45, 7) is 0. The molecule has 0 radical (unpaired) electrons. The van der Waals surface area contributed by atoms with Crippen molar-refractivity contribution in [3.63, 3.8) is 0 Å². The van der Waals surface area contributed by atoms with Crippen LogP contribution < -0.4 is 9.80 Å². The summed E-state index contributed by atoms with van der Waals surface area (Å²) in [5.41, 5.74) is 13.1. The fourth-order valence-corrected chi connectivity index (χ4v) is 9.98. The highest BCUT2D eigenvalue weighted by atomic mass is 15.2. The Bertz CT molecular complexity index is 3440. The van der Waals surface area contributed by atoms with Crippen molar-refractivity contribution in [3.8, 4) is 22.3 Å². The van der Waals surface area contributed by atoms with E-state index >= 15 is 0 Å². The van der Waals surface area contributed by atoms with Crippen molar-refractivity contribution in [1.82, 2.24) is 0 Å². The smallest absolute Gasteiger partial charge is 0.0540 e. The second-order valence-electron chi connectivity index (χ2n) is 16.4. The zero-order valence-electron chi connectivity index (χ0n) is 34.2. The molecule has 2 aliphatic rings. The van der Waals surface area contributed by atoms with E-state index in [0.717, 1.165) is 29.2 Å². The third-order valence-electron chi connectivity index (χ3n) is 12.9. The van der Waals surface area contributed by atoms with Gasteiger partial charge in [0.05, 0.1) is 17.1 Å². The van der Waals surface area contributed by atoms with Crippen molar-refractivity contribution in [2.45, 2.75) is 6.42 Å². The molecule has 0 saturated carbocycles. The minimum absolute atomic E-state index is 0.336. The molecule has 2 heteroatoms. The summed E-state index contributed by atoms with van der Waals surface area (Å²) in [5.74, 6) is 0.336. The Hall–Kier alpha value is -7.94. The number of rotatable bonds is 8. The molecule has 1 unspecified atom stereocenters. The summed E-state index contributed by atoms with van der Waals surface area (Å²) in [6.07, 6.45) is 14.7. The Labute approximate surface area is 362 Å². The van der Waals surface area contributed by atoms with Gasteiger partial charge in [0.25, 0.3) is 0 Å². The van der Waals surface area contributed by atoms with Crippen LogP contribution in [0.3, 0.4) is 0 Å². The molecule has 0 N–H and O–H groups in total. The van der Waals surface area contributed by atoms with E-state index in [1.165, 1.54) is 82.3 Å². The van der Waals surface area contributed by atoms with Crippen molar-refractivity contribution in [1.29, 1.82) is 0 Å². The fourth-order valence-electron chi connectivity index (χ4n) is 9.98. The minimum Gasteiger partial charge on any atom is -0.310 e. The third kappa shape index (κ3) is 6.03. The topological polar surface area (TPSA) is 6.48 Å². The molecule has 0 fully saturated rings. The summed E-state index contributed by atoms with van der Waals surface area (Å²) >= 11 is 0. The number of hydrogen-bond acceptors (Lipinski definition) is 2. The van der Waals surface area contributed by atoms with E-state index in [0.29, 0.717) is 5.92 Å². The zero-order chi connectivity index (χ0) is 41.0. The minimum atomic E-state index is 0.336. The Morgan fingerprint density at radius 2 is 0.903 bits per heavy atom. The lowest BCUT2D eigenvalue weighted by Crippen LogP contribution is -2.21. The van der Waals surface area contributed by atoms with E-state index in [-0.39, 0.29) is 0 Å². The highest BCUT2D eigenvalue weighted by molar-refractivity contribution is 6.28. The van der Waals surface area contributed by atoms with Crippen LogP contribution in [-0.2, 0) is 0 Å². The van der Waals surface area contributed by atoms with Gasteiger partial charge in [-0.25, -0.2) is 0 Å². The molecule has 0 spiro atoms. The van der Waals surface area contributed by atoms with Crippen LogP contribution in [0.5, 0.6) is 0 Å². The van der Waals surface area contributed by atoms with Gasteiger partial charge in [0.15, 0.2) is 0 Å². The monoisotopic (exact) mass is 790 g/mol. The van der Waals surface area contributed by atoms with Gasteiger partial charge in [-0.05, 0) is 110 Å². The van der Waals surface area contributed by atoms with Gasteiger partial charge in [-0.1, -0.05) is 188 Å². The van der Waals surface area contributed by atoms with Crippen molar-refractivity contribution in [2.75, 3.05) is 9.80 Å². The first kappa shape index (κ1) is 36.0. The van der Waals surface area contributed by atoms with Crippen LogP contribution in [0.2, 0.25) is 0 Å². The lowest BCUT2D eigenvalue weighted by molar-refractivity contribution is 0.763. The van der Waals surface area contributed by atoms with Crippen LogP contribution >= 0.6 is 0 Å². The van der Waals surface area contributed by atoms with Gasteiger partial charge in [-0.2, -0.15) is 0 Å². The van der Waals surface area contributed by atoms with Crippen molar-refractivity contribution in [2.24, 2.45) is 5.92 Å². The number of hydrogen-bond donors (Lipinski definition) is 0. The molecule has 2 nitrogen and oxygen atoms in total. The largest absolute Gasteiger partial charge is 0.310 e. The highest BCUT2D eigenvalue weighted by Gasteiger charge is 2.27. The molecule has 0 heterocycles. The zero-order valence-corrected chi connectivity index (χ0v) is 34.2. The number of benzene rings is 10. The molecule has 0 aromatic heterocycles. The molecule has 62 heavy (non-hydrogen) atoms. The molecule has 10 aromatic carbocycles. The van der Waals surface area contributed by atoms with Crippen LogP contribution in [0.1, 0.15) is 6.42 Å². The average Bonchev–Trinajstić information content (AvgIpc) is 3.35. The first-order valence-electron chi connectivity index (χ1n) is 21.6. The molecule has 12 rings (SSSR count). The van der Waals surface area contributed by atoms with E-state index in [1.54, 1.807) is 0 Å². The van der Waals surface area contributed by atoms with Crippen molar-refractivity contribution < 1.29 is 0 Å². The Morgan fingerprint density at radius 3 is 1.58 bits per heavy atom. The fraction of sp³-hybridized carbons (Fsp3) is 0.0333. The first-order valence-corrected chi connectivity index (χ1v) is 21.6. The standard InChI is InChI=1S/C60H42N2/c1-3-15-41(16-4-1)47-23-11-25-49(39-47)61(55-29-13-21-43-19-7-9-27-51(43)55)57-37-33-45-32-36-54-58(38-34-46-31-35-53(57)59(45)60(46)54)62(56-30-14-22-44-20-8-10-28-52(44)56)50-26-12-24-48(40-50)42-17-5-2-6-18-42/h1-21,23-40,44H,22H2. The van der Waals surface area contributed by atoms with Gasteiger partial charge in [0.1, 0.15) is 0 Å². The van der Waals surface area contributed by atoms with Crippen LogP contribution in [0.15, 0.2) is 248 Å². The quantitative estimate of drug-likeness (QED) is 0.141. The van der Waals surface area contributed by atoms with E-state index in [9.17, 15) is 0 Å². The summed E-state index contributed by atoms with van der Waals surface area (Å²) in [7, 11) is 0. The Morgan fingerprint density at radius 1 is 0.371 bits per heavy atom. The van der Waals surface area contributed by atoms with Crippen LogP contribution in [0.25, 0.3) is 65.3 Å². The molecule has 0 saturated heterocycles. The maximum atomic E-state index is 2.51. The summed E-state index contributed by atoms with van der Waals surface area (Å²) in [5, 5.41) is 9.88. The van der Waals surface area contributed by atoms with Gasteiger partial charge in [-0.3, -0.25) is 0 Å². The van der Waals surface area contributed by atoms with E-state index < -0.39 is 0 Å². The Balaban J connectivity index is 1.11. The van der Waals surface area contributed by atoms with Gasteiger partial charge in [0, 0.05) is 39.1 Å². The lowest BCUT2D eigenvalue weighted by Gasteiger charge is -2.34. The Kier molecular flexibility index (Phi) is 8.67. The number of nitrogens with zero attached hydrogens (tertiary/aromatic N) is 2. The third-order valence-corrected chi connectivity index (χ3v) is 12.9. The molecular weight excluding hydrogens is 749 g/mol. The second-order valence-corrected chi connectivity index (χ2v) is 16.4. The molecule has 0 bridgehead atoms. The number of anilines is 5. The summed E-state index contributed by atoms with van der Waals surface area (Å²) in [6, 6.07) is 73.5. The van der Waals surface area contributed by atoms with Crippen LogP contribution in [-0.4, -0.2) is 0 Å². The molecule has 0 amide bonds. The molecule has 10 aromatic rings. The van der Waals surface area contributed by atoms with Crippen molar-refractivity contribution in [3.05, 3.63) is 248 Å². The second kappa shape index (κ2) is 15.0. The van der Waals surface area contributed by atoms with Gasteiger partial charge < -0.3 is 9.80 Å². The van der Waals surface area contributed by atoms with E-state index in [4.69, 9.17) is 0 Å². The van der Waals surface area contributed by atoms with Crippen LogP contribution in [0.4, 0.5) is 28.4 Å². The molecule has 1 atom stereocenters. The lowest BCUT2D eigenvalue weighted by atomic mass is 9.85. The number of allylic oxidation sites excluding steroid dienone is 7. The predicted molar refractivity (Wildman–Crippen MR) is 264 cm³/mol. The predicted octanol–water partition coefficient (Wildman–Crippen LogP) is 16.6.